The summed E-state index contributed by atoms with van der Waals surface area (Å²) in [5, 5.41) is 2.47. The Morgan fingerprint density at radius 2 is 0.825 bits per heavy atom. The van der Waals surface area contributed by atoms with E-state index in [9.17, 15) is 0 Å². The molecule has 2 heteroatoms. The van der Waals surface area contributed by atoms with Crippen LogP contribution in [0.25, 0.3) is 10.8 Å². The number of hydrogen-bond donors (Lipinski definition) is 0. The van der Waals surface area contributed by atoms with Crippen LogP contribution in [0.4, 0.5) is 34.1 Å². The fraction of sp³-hybridized carbons (Fsp3) is 0.105. The fourth-order valence-corrected chi connectivity index (χ4v) is 5.30. The van der Waals surface area contributed by atoms with Crippen molar-refractivity contribution >= 4 is 44.9 Å². The zero-order valence-electron chi connectivity index (χ0n) is 23.1. The highest BCUT2D eigenvalue weighted by molar-refractivity contribution is 5.89. The van der Waals surface area contributed by atoms with Gasteiger partial charge < -0.3 is 9.80 Å². The molecule has 0 aliphatic rings. The molecule has 0 saturated carbocycles. The van der Waals surface area contributed by atoms with E-state index in [1.807, 2.05) is 0 Å². The van der Waals surface area contributed by atoms with Gasteiger partial charge in [-0.25, -0.2) is 0 Å². The molecule has 0 radical (unpaired) electrons. The van der Waals surface area contributed by atoms with E-state index < -0.39 is 0 Å². The highest BCUT2D eigenvalue weighted by Crippen LogP contribution is 2.39. The Morgan fingerprint density at radius 3 is 1.35 bits per heavy atom. The molecule has 0 aliphatic carbocycles. The Labute approximate surface area is 237 Å². The summed E-state index contributed by atoms with van der Waals surface area (Å²) >= 11 is 0. The molecule has 0 heterocycles. The number of benzene rings is 6. The minimum atomic E-state index is 0.553. The Balaban J connectivity index is 1.41. The number of para-hydroxylation sites is 2. The van der Waals surface area contributed by atoms with Crippen molar-refractivity contribution in [1.82, 2.24) is 0 Å². The first-order valence-electron chi connectivity index (χ1n) is 14.1. The lowest BCUT2D eigenvalue weighted by Gasteiger charge is -2.28. The van der Waals surface area contributed by atoms with Gasteiger partial charge in [-0.05, 0) is 101 Å². The van der Waals surface area contributed by atoms with Crippen LogP contribution in [0, 0.1) is 0 Å². The van der Waals surface area contributed by atoms with Crippen LogP contribution in [0.15, 0.2) is 152 Å². The maximum Gasteiger partial charge on any atom is 0.0468 e. The molecule has 6 rings (SSSR count). The van der Waals surface area contributed by atoms with Gasteiger partial charge in [-0.1, -0.05) is 92.7 Å². The van der Waals surface area contributed by atoms with Gasteiger partial charge in [-0.3, -0.25) is 0 Å². The second kappa shape index (κ2) is 11.5. The van der Waals surface area contributed by atoms with Crippen molar-refractivity contribution in [2.45, 2.75) is 26.2 Å². The van der Waals surface area contributed by atoms with Gasteiger partial charge in [0.05, 0.1) is 0 Å². The van der Waals surface area contributed by atoms with Crippen LogP contribution in [0.3, 0.4) is 0 Å². The predicted molar refractivity (Wildman–Crippen MR) is 172 cm³/mol. The van der Waals surface area contributed by atoms with Crippen LogP contribution in [0.1, 0.15) is 31.7 Å². The first-order chi connectivity index (χ1) is 19.7. The van der Waals surface area contributed by atoms with E-state index >= 15 is 0 Å². The zero-order chi connectivity index (χ0) is 27.3. The highest BCUT2D eigenvalue weighted by Gasteiger charge is 2.16. The van der Waals surface area contributed by atoms with E-state index in [2.05, 4.69) is 175 Å². The summed E-state index contributed by atoms with van der Waals surface area (Å²) < 4.78 is 0. The van der Waals surface area contributed by atoms with E-state index in [1.165, 1.54) is 16.3 Å². The molecule has 0 amide bonds. The first-order valence-corrected chi connectivity index (χ1v) is 14.1. The van der Waals surface area contributed by atoms with Crippen LogP contribution in [0.5, 0.6) is 0 Å². The van der Waals surface area contributed by atoms with E-state index in [0.717, 1.165) is 40.5 Å². The van der Waals surface area contributed by atoms with Crippen molar-refractivity contribution < 1.29 is 0 Å². The van der Waals surface area contributed by atoms with Crippen molar-refractivity contribution in [2.24, 2.45) is 0 Å². The van der Waals surface area contributed by atoms with Crippen LogP contribution < -0.4 is 9.80 Å². The smallest absolute Gasteiger partial charge is 0.0468 e. The van der Waals surface area contributed by atoms with Gasteiger partial charge >= 0.3 is 0 Å². The lowest BCUT2D eigenvalue weighted by molar-refractivity contribution is 0.733. The Bertz CT molecular complexity index is 1670. The van der Waals surface area contributed by atoms with Crippen molar-refractivity contribution in [3.05, 3.63) is 157 Å². The molecule has 0 bridgehead atoms. The molecule has 0 aromatic heterocycles. The Hall–Kier alpha value is -4.82. The summed E-state index contributed by atoms with van der Waals surface area (Å²) in [7, 11) is 0. The molecular formula is C38H34N2. The Morgan fingerprint density at radius 1 is 0.425 bits per heavy atom. The number of hydrogen-bond acceptors (Lipinski definition) is 2. The molecule has 0 spiro atoms. The van der Waals surface area contributed by atoms with Crippen LogP contribution in [0.2, 0.25) is 0 Å². The normalized spacial score (nSPS) is 11.8. The number of fused-ring (bicyclic) bond motifs is 1. The second-order valence-corrected chi connectivity index (χ2v) is 10.3. The molecule has 196 valence electrons. The van der Waals surface area contributed by atoms with Crippen LogP contribution in [-0.2, 0) is 0 Å². The fourth-order valence-electron chi connectivity index (χ4n) is 5.30. The van der Waals surface area contributed by atoms with Crippen LogP contribution >= 0.6 is 0 Å². The molecule has 0 N–H and O–H groups in total. The topological polar surface area (TPSA) is 6.48 Å². The maximum atomic E-state index is 2.33. The molecule has 0 aliphatic heterocycles. The van der Waals surface area contributed by atoms with Crippen LogP contribution in [-0.4, -0.2) is 0 Å². The molecule has 6 aromatic rings. The molecule has 1 atom stereocenters. The first kappa shape index (κ1) is 25.5. The lowest BCUT2D eigenvalue weighted by Crippen LogP contribution is -2.12. The van der Waals surface area contributed by atoms with E-state index in [-0.39, 0.29) is 0 Å². The van der Waals surface area contributed by atoms with Gasteiger partial charge in [0.25, 0.3) is 0 Å². The third-order valence-electron chi connectivity index (χ3n) is 7.72. The molecule has 0 saturated heterocycles. The minimum Gasteiger partial charge on any atom is -0.311 e. The zero-order valence-corrected chi connectivity index (χ0v) is 23.1. The molecule has 6 aromatic carbocycles. The lowest BCUT2D eigenvalue weighted by atomic mass is 9.98. The SMILES string of the molecule is CCC(C)c1ccc(N(c2ccccc2)c2ccc(N(c3ccccc3)c3ccc4ccccc4c3)cc2)cc1. The summed E-state index contributed by atoms with van der Waals surface area (Å²) in [6.07, 6.45) is 1.14. The van der Waals surface area contributed by atoms with Crippen molar-refractivity contribution in [2.75, 3.05) is 9.80 Å². The average molecular weight is 519 g/mol. The largest absolute Gasteiger partial charge is 0.311 e. The van der Waals surface area contributed by atoms with Gasteiger partial charge in [-0.2, -0.15) is 0 Å². The third kappa shape index (κ3) is 5.21. The Kier molecular flexibility index (Phi) is 7.32. The minimum absolute atomic E-state index is 0.553. The monoisotopic (exact) mass is 518 g/mol. The molecule has 2 nitrogen and oxygen atoms in total. The van der Waals surface area contributed by atoms with E-state index in [0.29, 0.717) is 5.92 Å². The van der Waals surface area contributed by atoms with Crippen molar-refractivity contribution in [3.63, 3.8) is 0 Å². The molecule has 1 unspecified atom stereocenters. The standard InChI is InChI=1S/C38H34N2/c1-3-29(2)30-18-21-35(22-19-30)39(33-14-6-4-7-15-33)36-24-26-37(27-25-36)40(34-16-8-5-9-17-34)38-23-20-31-12-10-11-13-32(31)28-38/h4-29H,3H2,1-2H3. The number of nitrogens with zero attached hydrogens (tertiary/aromatic N) is 2. The van der Waals surface area contributed by atoms with Gasteiger partial charge in [0.15, 0.2) is 0 Å². The van der Waals surface area contributed by atoms with Gasteiger partial charge in [0.1, 0.15) is 0 Å². The number of anilines is 6. The molecule has 40 heavy (non-hydrogen) atoms. The van der Waals surface area contributed by atoms with E-state index in [4.69, 9.17) is 0 Å². The van der Waals surface area contributed by atoms with Crippen molar-refractivity contribution in [3.8, 4) is 0 Å². The highest BCUT2D eigenvalue weighted by atomic mass is 15.2. The summed E-state index contributed by atoms with van der Waals surface area (Å²) in [6, 6.07) is 54.3. The summed E-state index contributed by atoms with van der Waals surface area (Å²) in [6.45, 7) is 4.53. The summed E-state index contributed by atoms with van der Waals surface area (Å²) in [5.74, 6) is 0.553. The number of rotatable bonds is 8. The molecular weight excluding hydrogens is 484 g/mol. The second-order valence-electron chi connectivity index (χ2n) is 10.3. The van der Waals surface area contributed by atoms with Gasteiger partial charge in [0.2, 0.25) is 0 Å². The summed E-state index contributed by atoms with van der Waals surface area (Å²) in [4.78, 5) is 4.65. The van der Waals surface area contributed by atoms with Gasteiger partial charge in [-0.15, -0.1) is 0 Å². The average Bonchev–Trinajstić information content (AvgIpc) is 3.03. The van der Waals surface area contributed by atoms with E-state index in [1.54, 1.807) is 0 Å². The van der Waals surface area contributed by atoms with Crippen molar-refractivity contribution in [1.29, 1.82) is 0 Å². The maximum absolute atomic E-state index is 2.33. The predicted octanol–water partition coefficient (Wildman–Crippen LogP) is 11.3. The third-order valence-corrected chi connectivity index (χ3v) is 7.72. The summed E-state index contributed by atoms with van der Waals surface area (Å²) in [5.41, 5.74) is 8.18. The quantitative estimate of drug-likeness (QED) is 0.198. The van der Waals surface area contributed by atoms with Gasteiger partial charge in [0, 0.05) is 34.1 Å². The molecule has 0 fully saturated rings.